The number of hydrogen-bond donors (Lipinski definition) is 0. The Morgan fingerprint density at radius 3 is 2.55 bits per heavy atom. The quantitative estimate of drug-likeness (QED) is 0.328. The Balaban J connectivity index is 1.45. The van der Waals surface area contributed by atoms with E-state index in [1.54, 1.807) is 30.2 Å². The maximum atomic E-state index is 13.1. The van der Waals surface area contributed by atoms with Crippen molar-refractivity contribution < 1.29 is 9.53 Å². The monoisotopic (exact) mass is 476 g/mol. The first-order valence-electron chi connectivity index (χ1n) is 10.9. The molecule has 1 saturated heterocycles. The fourth-order valence-electron chi connectivity index (χ4n) is 3.98. The maximum Gasteiger partial charge on any atom is 0.254 e. The number of likely N-dealkylation sites (tertiary alicyclic amines) is 1. The summed E-state index contributed by atoms with van der Waals surface area (Å²) >= 11 is 3.22. The van der Waals surface area contributed by atoms with Crippen LogP contribution in [-0.4, -0.2) is 45.8 Å². The molecule has 1 fully saturated rings. The number of carbonyl (C=O) groups is 1. The van der Waals surface area contributed by atoms with Crippen LogP contribution >= 0.6 is 23.1 Å². The minimum absolute atomic E-state index is 0.125. The molecule has 0 unspecified atom stereocenters. The van der Waals surface area contributed by atoms with Crippen molar-refractivity contribution in [1.29, 1.82) is 0 Å². The molecular weight excluding hydrogens is 452 g/mol. The molecule has 0 N–H and O–H groups in total. The summed E-state index contributed by atoms with van der Waals surface area (Å²) in [7, 11) is 1.66. The van der Waals surface area contributed by atoms with E-state index in [1.165, 1.54) is 0 Å². The summed E-state index contributed by atoms with van der Waals surface area (Å²) in [5, 5.41) is 11.8. The molecule has 1 aliphatic heterocycles. The topological polar surface area (TPSA) is 60.2 Å². The highest BCUT2D eigenvalue weighted by Gasteiger charge is 2.22. The van der Waals surface area contributed by atoms with Crippen molar-refractivity contribution in [1.82, 2.24) is 19.7 Å². The fourth-order valence-corrected chi connectivity index (χ4v) is 5.63. The zero-order valence-electron chi connectivity index (χ0n) is 18.3. The largest absolute Gasteiger partial charge is 0.497 e. The van der Waals surface area contributed by atoms with Crippen LogP contribution in [-0.2, 0) is 5.75 Å². The van der Waals surface area contributed by atoms with Gasteiger partial charge in [0.15, 0.2) is 11.0 Å². The molecule has 1 aliphatic rings. The highest BCUT2D eigenvalue weighted by Crippen LogP contribution is 2.33. The van der Waals surface area contributed by atoms with Crippen LogP contribution in [0.1, 0.15) is 28.8 Å². The molecular formula is C25H24N4O2S2. The maximum absolute atomic E-state index is 13.1. The van der Waals surface area contributed by atoms with E-state index in [4.69, 9.17) is 4.74 Å². The number of ether oxygens (including phenoxy) is 1. The van der Waals surface area contributed by atoms with Crippen LogP contribution in [0.2, 0.25) is 0 Å². The van der Waals surface area contributed by atoms with E-state index in [-0.39, 0.29) is 5.91 Å². The molecule has 0 saturated carbocycles. The number of amides is 1. The molecule has 0 radical (unpaired) electrons. The lowest BCUT2D eigenvalue weighted by Crippen LogP contribution is -2.28. The number of thiophene rings is 1. The van der Waals surface area contributed by atoms with Gasteiger partial charge in [0.25, 0.3) is 5.91 Å². The van der Waals surface area contributed by atoms with E-state index in [0.717, 1.165) is 64.4 Å². The Bertz CT molecular complexity index is 1230. The zero-order valence-corrected chi connectivity index (χ0v) is 19.9. The molecule has 2 aromatic heterocycles. The summed E-state index contributed by atoms with van der Waals surface area (Å²) in [6.07, 6.45) is 2.16. The van der Waals surface area contributed by atoms with Gasteiger partial charge >= 0.3 is 0 Å². The van der Waals surface area contributed by atoms with E-state index < -0.39 is 0 Å². The second kappa shape index (κ2) is 9.80. The van der Waals surface area contributed by atoms with Gasteiger partial charge in [-0.2, -0.15) is 0 Å². The van der Waals surface area contributed by atoms with E-state index in [1.807, 2.05) is 70.9 Å². The first kappa shape index (κ1) is 21.7. The average molecular weight is 477 g/mol. The summed E-state index contributed by atoms with van der Waals surface area (Å²) in [6, 6.07) is 19.8. The van der Waals surface area contributed by atoms with Crippen molar-refractivity contribution in [3.8, 4) is 22.1 Å². The minimum atomic E-state index is 0.125. The normalized spacial score (nSPS) is 13.4. The predicted octanol–water partition coefficient (Wildman–Crippen LogP) is 5.53. The van der Waals surface area contributed by atoms with Crippen molar-refractivity contribution in [3.05, 3.63) is 77.2 Å². The van der Waals surface area contributed by atoms with Gasteiger partial charge in [-0.3, -0.25) is 9.36 Å². The van der Waals surface area contributed by atoms with Gasteiger partial charge in [0.1, 0.15) is 5.75 Å². The number of benzene rings is 2. The Hall–Kier alpha value is -3.10. The fraction of sp³-hybridized carbons (Fsp3) is 0.240. The highest BCUT2D eigenvalue weighted by atomic mass is 32.2. The van der Waals surface area contributed by atoms with Crippen molar-refractivity contribution in [3.63, 3.8) is 0 Å². The first-order valence-corrected chi connectivity index (χ1v) is 12.7. The van der Waals surface area contributed by atoms with Gasteiger partial charge in [-0.15, -0.1) is 21.5 Å². The van der Waals surface area contributed by atoms with E-state index >= 15 is 0 Å². The third kappa shape index (κ3) is 4.54. The molecule has 33 heavy (non-hydrogen) atoms. The second-order valence-corrected chi connectivity index (χ2v) is 9.65. The van der Waals surface area contributed by atoms with Crippen LogP contribution in [0.4, 0.5) is 0 Å². The average Bonchev–Trinajstić information content (AvgIpc) is 3.64. The summed E-state index contributed by atoms with van der Waals surface area (Å²) in [5.74, 6) is 2.36. The van der Waals surface area contributed by atoms with Gasteiger partial charge < -0.3 is 9.64 Å². The molecule has 1 amide bonds. The minimum Gasteiger partial charge on any atom is -0.497 e. The van der Waals surface area contributed by atoms with E-state index in [0.29, 0.717) is 5.75 Å². The number of nitrogens with zero attached hydrogens (tertiary/aromatic N) is 4. The Kier molecular flexibility index (Phi) is 6.46. The molecule has 4 aromatic rings. The van der Waals surface area contributed by atoms with Crippen LogP contribution in [0.5, 0.6) is 5.75 Å². The molecule has 0 aliphatic carbocycles. The summed E-state index contributed by atoms with van der Waals surface area (Å²) < 4.78 is 7.39. The summed E-state index contributed by atoms with van der Waals surface area (Å²) in [5.41, 5.74) is 2.76. The molecule has 5 rings (SSSR count). The van der Waals surface area contributed by atoms with Gasteiger partial charge in [0.05, 0.1) is 17.7 Å². The van der Waals surface area contributed by atoms with Gasteiger partial charge in [0, 0.05) is 24.4 Å². The second-order valence-electron chi connectivity index (χ2n) is 7.76. The summed E-state index contributed by atoms with van der Waals surface area (Å²) in [4.78, 5) is 16.1. The number of rotatable bonds is 7. The highest BCUT2D eigenvalue weighted by molar-refractivity contribution is 7.98. The third-order valence-corrected chi connectivity index (χ3v) is 7.55. The SMILES string of the molecule is COc1ccc(-n2c(SCc3ccccc3C(=O)N3CCCC3)nnc2-c2cccs2)cc1. The lowest BCUT2D eigenvalue weighted by molar-refractivity contribution is 0.0792. The number of aromatic nitrogens is 3. The number of carbonyl (C=O) groups excluding carboxylic acids is 1. The van der Waals surface area contributed by atoms with Crippen molar-refractivity contribution in [2.75, 3.05) is 20.2 Å². The standard InChI is InChI=1S/C25H24N4O2S2/c1-31-20-12-10-19(11-13-20)29-23(22-9-6-16-32-22)26-27-25(29)33-17-18-7-2-3-8-21(18)24(30)28-14-4-5-15-28/h2-3,6-13,16H,4-5,14-15,17H2,1H3. The van der Waals surface area contributed by atoms with E-state index in [2.05, 4.69) is 14.8 Å². The van der Waals surface area contributed by atoms with E-state index in [9.17, 15) is 4.79 Å². The molecule has 6 nitrogen and oxygen atoms in total. The van der Waals surface area contributed by atoms with Crippen LogP contribution in [0.15, 0.2) is 71.2 Å². The number of hydrogen-bond acceptors (Lipinski definition) is 6. The van der Waals surface area contributed by atoms with Crippen LogP contribution in [0.25, 0.3) is 16.4 Å². The van der Waals surface area contributed by atoms with Crippen LogP contribution < -0.4 is 4.74 Å². The van der Waals surface area contributed by atoms with Crippen molar-refractivity contribution in [2.45, 2.75) is 23.8 Å². The number of thioether (sulfide) groups is 1. The first-order chi connectivity index (χ1) is 16.2. The smallest absolute Gasteiger partial charge is 0.254 e. The molecule has 8 heteroatoms. The van der Waals surface area contributed by atoms with Crippen LogP contribution in [0, 0.1) is 0 Å². The van der Waals surface area contributed by atoms with Gasteiger partial charge in [-0.25, -0.2) is 0 Å². The molecule has 0 spiro atoms. The molecule has 0 bridgehead atoms. The van der Waals surface area contributed by atoms with Gasteiger partial charge in [-0.05, 0) is 60.2 Å². The Morgan fingerprint density at radius 1 is 1.03 bits per heavy atom. The predicted molar refractivity (Wildman–Crippen MR) is 132 cm³/mol. The van der Waals surface area contributed by atoms with Crippen LogP contribution in [0.3, 0.4) is 0 Å². The van der Waals surface area contributed by atoms with Crippen molar-refractivity contribution in [2.24, 2.45) is 0 Å². The summed E-state index contributed by atoms with van der Waals surface area (Å²) in [6.45, 7) is 1.69. The lowest BCUT2D eigenvalue weighted by atomic mass is 10.1. The Morgan fingerprint density at radius 2 is 1.82 bits per heavy atom. The molecule has 0 atom stereocenters. The van der Waals surface area contributed by atoms with Gasteiger partial charge in [-0.1, -0.05) is 36.0 Å². The molecule has 3 heterocycles. The lowest BCUT2D eigenvalue weighted by Gasteiger charge is -2.17. The zero-order chi connectivity index (χ0) is 22.6. The number of methoxy groups -OCH3 is 1. The third-order valence-electron chi connectivity index (χ3n) is 5.70. The van der Waals surface area contributed by atoms with Crippen molar-refractivity contribution >= 4 is 29.0 Å². The molecule has 168 valence electrons. The van der Waals surface area contributed by atoms with Gasteiger partial charge in [0.2, 0.25) is 0 Å². The Labute approximate surface area is 201 Å². The molecule has 2 aromatic carbocycles.